The fraction of sp³-hybridized carbons (Fsp3) is 0.294. The van der Waals surface area contributed by atoms with Gasteiger partial charge in [-0.2, -0.15) is 0 Å². The van der Waals surface area contributed by atoms with E-state index in [0.717, 1.165) is 26.7 Å². The summed E-state index contributed by atoms with van der Waals surface area (Å²) in [5, 5.41) is 10.6. The predicted molar refractivity (Wildman–Crippen MR) is 83.6 cm³/mol. The molecular formula is C17H19BrO. The summed E-state index contributed by atoms with van der Waals surface area (Å²) < 4.78 is 1.00. The molecule has 0 saturated heterocycles. The number of benzene rings is 2. The number of hydrogen-bond acceptors (Lipinski definition) is 1. The third-order valence-electron chi connectivity index (χ3n) is 3.56. The van der Waals surface area contributed by atoms with Crippen molar-refractivity contribution in [3.63, 3.8) is 0 Å². The molecular weight excluding hydrogens is 300 g/mol. The molecule has 0 bridgehead atoms. The van der Waals surface area contributed by atoms with Crippen LogP contribution in [0.5, 0.6) is 0 Å². The summed E-state index contributed by atoms with van der Waals surface area (Å²) in [4.78, 5) is 0. The molecule has 2 rings (SSSR count). The van der Waals surface area contributed by atoms with Gasteiger partial charge in [-0.15, -0.1) is 0 Å². The normalized spacial score (nSPS) is 12.5. The first kappa shape index (κ1) is 14.3. The Morgan fingerprint density at radius 1 is 0.842 bits per heavy atom. The topological polar surface area (TPSA) is 20.2 Å². The van der Waals surface area contributed by atoms with Crippen LogP contribution in [0.15, 0.2) is 34.8 Å². The van der Waals surface area contributed by atoms with Crippen molar-refractivity contribution in [1.82, 2.24) is 0 Å². The van der Waals surface area contributed by atoms with Crippen LogP contribution >= 0.6 is 15.9 Å². The highest BCUT2D eigenvalue weighted by atomic mass is 79.9. The monoisotopic (exact) mass is 318 g/mol. The molecule has 0 aliphatic carbocycles. The Hall–Kier alpha value is -1.12. The van der Waals surface area contributed by atoms with E-state index in [2.05, 4.69) is 48.8 Å². The minimum atomic E-state index is -0.574. The van der Waals surface area contributed by atoms with Crippen molar-refractivity contribution in [3.05, 3.63) is 68.2 Å². The van der Waals surface area contributed by atoms with Crippen LogP contribution in [0.3, 0.4) is 0 Å². The molecule has 0 saturated carbocycles. The van der Waals surface area contributed by atoms with Gasteiger partial charge in [-0.25, -0.2) is 0 Å². The van der Waals surface area contributed by atoms with E-state index in [1.54, 1.807) is 0 Å². The van der Waals surface area contributed by atoms with E-state index < -0.39 is 6.10 Å². The van der Waals surface area contributed by atoms with Crippen LogP contribution in [0.2, 0.25) is 0 Å². The van der Waals surface area contributed by atoms with Crippen LogP contribution in [0.25, 0.3) is 0 Å². The molecule has 0 heterocycles. The number of halogens is 1. The number of aryl methyl sites for hydroxylation is 4. The zero-order valence-electron chi connectivity index (χ0n) is 11.8. The van der Waals surface area contributed by atoms with E-state index in [0.29, 0.717) is 0 Å². The molecule has 0 radical (unpaired) electrons. The van der Waals surface area contributed by atoms with Crippen LogP contribution < -0.4 is 0 Å². The molecule has 0 aliphatic rings. The van der Waals surface area contributed by atoms with Crippen molar-refractivity contribution >= 4 is 15.9 Å². The van der Waals surface area contributed by atoms with Crippen LogP contribution in [0, 0.1) is 27.7 Å². The van der Waals surface area contributed by atoms with Gasteiger partial charge >= 0.3 is 0 Å². The fourth-order valence-corrected chi connectivity index (χ4v) is 3.00. The average molecular weight is 319 g/mol. The first-order valence-electron chi connectivity index (χ1n) is 6.41. The zero-order valence-corrected chi connectivity index (χ0v) is 13.4. The molecule has 2 heteroatoms. The van der Waals surface area contributed by atoms with Gasteiger partial charge < -0.3 is 5.11 Å². The van der Waals surface area contributed by atoms with Crippen molar-refractivity contribution in [2.75, 3.05) is 0 Å². The highest BCUT2D eigenvalue weighted by Gasteiger charge is 2.14. The molecule has 0 fully saturated rings. The summed E-state index contributed by atoms with van der Waals surface area (Å²) in [5.41, 5.74) is 6.67. The maximum absolute atomic E-state index is 10.6. The Bertz CT molecular complexity index is 597. The van der Waals surface area contributed by atoms with Gasteiger partial charge in [0.05, 0.1) is 0 Å². The second-order valence-electron chi connectivity index (χ2n) is 5.26. The third-order valence-corrected chi connectivity index (χ3v) is 4.01. The van der Waals surface area contributed by atoms with Crippen LogP contribution in [-0.2, 0) is 0 Å². The molecule has 1 atom stereocenters. The largest absolute Gasteiger partial charge is 0.384 e. The first-order chi connectivity index (χ1) is 8.88. The first-order valence-corrected chi connectivity index (χ1v) is 7.20. The predicted octanol–water partition coefficient (Wildman–Crippen LogP) is 4.76. The lowest BCUT2D eigenvalue weighted by Gasteiger charge is -2.17. The van der Waals surface area contributed by atoms with Crippen molar-refractivity contribution in [2.24, 2.45) is 0 Å². The molecule has 2 aromatic rings. The Morgan fingerprint density at radius 3 is 2.11 bits per heavy atom. The molecule has 0 aliphatic heterocycles. The Kier molecular flexibility index (Phi) is 4.12. The molecule has 2 aromatic carbocycles. The average Bonchev–Trinajstić information content (AvgIpc) is 2.31. The van der Waals surface area contributed by atoms with Gasteiger partial charge in [0, 0.05) is 4.47 Å². The van der Waals surface area contributed by atoms with Crippen LogP contribution in [0.1, 0.15) is 39.5 Å². The van der Waals surface area contributed by atoms with Crippen LogP contribution in [0.4, 0.5) is 0 Å². The fourth-order valence-electron chi connectivity index (χ4n) is 2.38. The molecule has 1 nitrogen and oxygen atoms in total. The second-order valence-corrected chi connectivity index (χ2v) is 6.17. The molecule has 100 valence electrons. The van der Waals surface area contributed by atoms with E-state index >= 15 is 0 Å². The summed E-state index contributed by atoms with van der Waals surface area (Å²) in [7, 11) is 0. The maximum Gasteiger partial charge on any atom is 0.104 e. The minimum absolute atomic E-state index is 0.574. The van der Waals surface area contributed by atoms with Gasteiger partial charge in [0.15, 0.2) is 0 Å². The van der Waals surface area contributed by atoms with Gasteiger partial charge in [0.25, 0.3) is 0 Å². The van der Waals surface area contributed by atoms with Gasteiger partial charge in [0.1, 0.15) is 6.10 Å². The SMILES string of the molecule is Cc1cc(Br)cc(C(O)c2cc(C)c(C)cc2C)c1. The third kappa shape index (κ3) is 3.07. The second kappa shape index (κ2) is 5.48. The summed E-state index contributed by atoms with van der Waals surface area (Å²) in [6.07, 6.45) is -0.574. The van der Waals surface area contributed by atoms with E-state index in [1.165, 1.54) is 11.1 Å². The van der Waals surface area contributed by atoms with Gasteiger partial charge in [0.2, 0.25) is 0 Å². The lowest BCUT2D eigenvalue weighted by Crippen LogP contribution is -2.04. The lowest BCUT2D eigenvalue weighted by atomic mass is 9.93. The van der Waals surface area contributed by atoms with E-state index in [9.17, 15) is 5.11 Å². The molecule has 1 N–H and O–H groups in total. The van der Waals surface area contributed by atoms with E-state index in [-0.39, 0.29) is 0 Å². The summed E-state index contributed by atoms with van der Waals surface area (Å²) in [5.74, 6) is 0. The Labute approximate surface area is 123 Å². The van der Waals surface area contributed by atoms with Crippen LogP contribution in [-0.4, -0.2) is 5.11 Å². The van der Waals surface area contributed by atoms with Crippen molar-refractivity contribution in [2.45, 2.75) is 33.8 Å². The Morgan fingerprint density at radius 2 is 1.47 bits per heavy atom. The smallest absolute Gasteiger partial charge is 0.104 e. The highest BCUT2D eigenvalue weighted by Crippen LogP contribution is 2.29. The van der Waals surface area contributed by atoms with Crippen molar-refractivity contribution in [3.8, 4) is 0 Å². The van der Waals surface area contributed by atoms with Crippen molar-refractivity contribution < 1.29 is 5.11 Å². The van der Waals surface area contributed by atoms with Crippen molar-refractivity contribution in [1.29, 1.82) is 0 Å². The zero-order chi connectivity index (χ0) is 14.2. The summed E-state index contributed by atoms with van der Waals surface area (Å²) >= 11 is 3.49. The quantitative estimate of drug-likeness (QED) is 0.846. The highest BCUT2D eigenvalue weighted by molar-refractivity contribution is 9.10. The molecule has 0 spiro atoms. The molecule has 19 heavy (non-hydrogen) atoms. The minimum Gasteiger partial charge on any atom is -0.384 e. The summed E-state index contributed by atoms with van der Waals surface area (Å²) in [6, 6.07) is 10.3. The number of aliphatic hydroxyl groups is 1. The van der Waals surface area contributed by atoms with Gasteiger partial charge in [-0.05, 0) is 73.2 Å². The van der Waals surface area contributed by atoms with Gasteiger partial charge in [-0.1, -0.05) is 34.1 Å². The number of aliphatic hydroxyl groups excluding tert-OH is 1. The molecule has 0 aromatic heterocycles. The maximum atomic E-state index is 10.6. The Balaban J connectivity index is 2.49. The van der Waals surface area contributed by atoms with Gasteiger partial charge in [-0.3, -0.25) is 0 Å². The van der Waals surface area contributed by atoms with E-state index in [4.69, 9.17) is 0 Å². The molecule has 0 amide bonds. The van der Waals surface area contributed by atoms with E-state index in [1.807, 2.05) is 25.1 Å². The standard InChI is InChI=1S/C17H19BrO/c1-10-5-14(9-15(18)6-10)17(19)16-8-12(3)11(2)7-13(16)4/h5-9,17,19H,1-4H3. The number of rotatable bonds is 2. The lowest BCUT2D eigenvalue weighted by molar-refractivity contribution is 0.219. The molecule has 1 unspecified atom stereocenters. The number of hydrogen-bond donors (Lipinski definition) is 1. The summed E-state index contributed by atoms with van der Waals surface area (Å²) in [6.45, 7) is 8.27.